The Bertz CT molecular complexity index is 2700. The van der Waals surface area contributed by atoms with Crippen molar-refractivity contribution in [1.29, 1.82) is 0 Å². The maximum Gasteiger partial charge on any atom is 0.166 e. The molecule has 0 aliphatic carbocycles. The molecule has 2 heterocycles. The van der Waals surface area contributed by atoms with Crippen LogP contribution in [0.25, 0.3) is 83.9 Å². The number of halogens is 2. The van der Waals surface area contributed by atoms with E-state index in [1.54, 1.807) is 0 Å². The van der Waals surface area contributed by atoms with Crippen molar-refractivity contribution >= 4 is 21.8 Å². The van der Waals surface area contributed by atoms with Gasteiger partial charge in [-0.15, -0.1) is 0 Å². The maximum atomic E-state index is 14.6. The van der Waals surface area contributed by atoms with Crippen LogP contribution in [0, 0.1) is 18.6 Å². The second-order valence-electron chi connectivity index (χ2n) is 12.8. The van der Waals surface area contributed by atoms with Crippen LogP contribution in [0.4, 0.5) is 8.78 Å². The van der Waals surface area contributed by atoms with Gasteiger partial charge in [0.15, 0.2) is 17.5 Å². The first kappa shape index (κ1) is 31.2. The van der Waals surface area contributed by atoms with Gasteiger partial charge in [-0.25, -0.2) is 23.7 Å². The molecule has 0 amide bonds. The van der Waals surface area contributed by atoms with Crippen LogP contribution >= 0.6 is 0 Å². The molecule has 0 radical (unpaired) electrons. The normalized spacial score (nSPS) is 11.4. The molecule has 0 N–H and O–H groups in total. The van der Waals surface area contributed by atoms with Gasteiger partial charge in [0.1, 0.15) is 11.6 Å². The van der Waals surface area contributed by atoms with Crippen molar-refractivity contribution in [3.63, 3.8) is 0 Å². The van der Waals surface area contributed by atoms with Crippen molar-refractivity contribution in [2.75, 3.05) is 0 Å². The van der Waals surface area contributed by atoms with Crippen molar-refractivity contribution in [2.45, 2.75) is 6.92 Å². The summed E-state index contributed by atoms with van der Waals surface area (Å²) in [7, 11) is 0. The zero-order valence-electron chi connectivity index (χ0n) is 28.1. The molecule has 52 heavy (non-hydrogen) atoms. The molecule has 0 saturated carbocycles. The quantitative estimate of drug-likeness (QED) is 0.176. The van der Waals surface area contributed by atoms with E-state index in [-0.39, 0.29) is 0 Å². The second kappa shape index (κ2) is 12.8. The largest absolute Gasteiger partial charge is 0.308 e. The zero-order chi connectivity index (χ0) is 35.2. The van der Waals surface area contributed by atoms with Gasteiger partial charge in [0.25, 0.3) is 0 Å². The van der Waals surface area contributed by atoms with Crippen LogP contribution in [0.1, 0.15) is 5.56 Å². The van der Waals surface area contributed by atoms with Gasteiger partial charge in [0, 0.05) is 33.5 Å². The van der Waals surface area contributed by atoms with Crippen LogP contribution in [0.3, 0.4) is 0 Å². The highest BCUT2D eigenvalue weighted by molar-refractivity contribution is 6.10. The predicted octanol–water partition coefficient (Wildman–Crippen LogP) is 11.9. The Morgan fingerprint density at radius 1 is 0.404 bits per heavy atom. The summed E-state index contributed by atoms with van der Waals surface area (Å²) in [6.07, 6.45) is 0. The van der Waals surface area contributed by atoms with Gasteiger partial charge in [-0.05, 0) is 71.1 Å². The van der Waals surface area contributed by atoms with E-state index in [9.17, 15) is 8.78 Å². The molecular weight excluding hydrogens is 647 g/mol. The molecule has 0 aliphatic rings. The summed E-state index contributed by atoms with van der Waals surface area (Å²) < 4.78 is 31.5. The molecule has 248 valence electrons. The second-order valence-corrected chi connectivity index (χ2v) is 12.8. The maximum absolute atomic E-state index is 14.6. The lowest BCUT2D eigenvalue weighted by molar-refractivity contribution is 0.584. The van der Waals surface area contributed by atoms with Crippen LogP contribution in [-0.4, -0.2) is 19.5 Å². The Kier molecular flexibility index (Phi) is 7.70. The van der Waals surface area contributed by atoms with E-state index in [1.165, 1.54) is 17.7 Å². The summed E-state index contributed by atoms with van der Waals surface area (Å²) in [5.41, 5.74) is 9.65. The fourth-order valence-corrected chi connectivity index (χ4v) is 7.03. The van der Waals surface area contributed by atoms with Crippen LogP contribution in [-0.2, 0) is 0 Å². The topological polar surface area (TPSA) is 43.6 Å². The molecule has 0 unspecified atom stereocenters. The van der Waals surface area contributed by atoms with Crippen molar-refractivity contribution in [3.8, 4) is 62.1 Å². The molecule has 2 aromatic heterocycles. The van der Waals surface area contributed by atoms with Gasteiger partial charge < -0.3 is 4.57 Å². The highest BCUT2D eigenvalue weighted by atomic mass is 19.1. The van der Waals surface area contributed by atoms with Crippen molar-refractivity contribution in [3.05, 3.63) is 181 Å². The summed E-state index contributed by atoms with van der Waals surface area (Å²) in [5.74, 6) is 0.267. The van der Waals surface area contributed by atoms with Crippen molar-refractivity contribution < 1.29 is 8.78 Å². The standard InChI is InChI=1S/C46H30F2N4/c1-29-12-8-9-17-37(29)33-21-22-39-38-18-10-11-19-41(38)52(42(39)27-33)43-26-32(34-24-35(47)28-36(48)25-34)20-23-40(43)46-50-44(30-13-4-2-5-14-30)49-45(51-46)31-15-6-3-7-16-31/h2-28H,1H3. The summed E-state index contributed by atoms with van der Waals surface area (Å²) in [6, 6.07) is 52.3. The summed E-state index contributed by atoms with van der Waals surface area (Å²) in [5, 5.41) is 2.15. The smallest absolute Gasteiger partial charge is 0.166 e. The Hall–Kier alpha value is -6.79. The van der Waals surface area contributed by atoms with Gasteiger partial charge in [-0.3, -0.25) is 0 Å². The molecule has 0 saturated heterocycles. The number of para-hydroxylation sites is 1. The lowest BCUT2D eigenvalue weighted by atomic mass is 9.99. The van der Waals surface area contributed by atoms with E-state index >= 15 is 0 Å². The van der Waals surface area contributed by atoms with Crippen LogP contribution < -0.4 is 0 Å². The fraction of sp³-hybridized carbons (Fsp3) is 0.0217. The van der Waals surface area contributed by atoms with E-state index in [1.807, 2.05) is 97.1 Å². The van der Waals surface area contributed by atoms with Gasteiger partial charge in [-0.1, -0.05) is 121 Å². The highest BCUT2D eigenvalue weighted by Gasteiger charge is 2.21. The molecule has 0 spiro atoms. The third kappa shape index (κ3) is 5.60. The molecular formula is C46H30F2N4. The number of aryl methyl sites for hydroxylation is 1. The molecule has 9 rings (SSSR count). The number of nitrogens with zero attached hydrogens (tertiary/aromatic N) is 4. The van der Waals surface area contributed by atoms with E-state index in [0.717, 1.165) is 61.4 Å². The molecule has 0 aliphatic heterocycles. The van der Waals surface area contributed by atoms with E-state index in [0.29, 0.717) is 28.6 Å². The fourth-order valence-electron chi connectivity index (χ4n) is 7.03. The number of aromatic nitrogens is 4. The summed E-state index contributed by atoms with van der Waals surface area (Å²) >= 11 is 0. The molecule has 6 heteroatoms. The first-order valence-corrected chi connectivity index (χ1v) is 17.1. The zero-order valence-corrected chi connectivity index (χ0v) is 28.1. The van der Waals surface area contributed by atoms with Crippen molar-refractivity contribution in [1.82, 2.24) is 19.5 Å². The molecule has 9 aromatic rings. The number of fused-ring (bicyclic) bond motifs is 3. The minimum atomic E-state index is -0.641. The van der Waals surface area contributed by atoms with Gasteiger partial charge in [-0.2, -0.15) is 0 Å². The third-order valence-electron chi connectivity index (χ3n) is 9.50. The average molecular weight is 677 g/mol. The van der Waals surface area contributed by atoms with Crippen LogP contribution in [0.15, 0.2) is 164 Å². The minimum absolute atomic E-state index is 0.428. The Balaban J connectivity index is 1.37. The molecule has 7 aromatic carbocycles. The highest BCUT2D eigenvalue weighted by Crippen LogP contribution is 2.40. The SMILES string of the molecule is Cc1ccccc1-c1ccc2c3ccccc3n(-c3cc(-c4cc(F)cc(F)c4)ccc3-c3nc(-c4ccccc4)nc(-c4ccccc4)n3)c2c1. The van der Waals surface area contributed by atoms with Gasteiger partial charge in [0.2, 0.25) is 0 Å². The lowest BCUT2D eigenvalue weighted by Crippen LogP contribution is -2.04. The number of hydrogen-bond donors (Lipinski definition) is 0. The first-order valence-electron chi connectivity index (χ1n) is 17.1. The number of rotatable bonds is 6. The minimum Gasteiger partial charge on any atom is -0.308 e. The molecule has 0 fully saturated rings. The average Bonchev–Trinajstić information content (AvgIpc) is 3.51. The Labute approximate surface area is 299 Å². The van der Waals surface area contributed by atoms with Crippen LogP contribution in [0.5, 0.6) is 0 Å². The summed E-state index contributed by atoms with van der Waals surface area (Å²) in [6.45, 7) is 2.12. The van der Waals surface area contributed by atoms with Crippen LogP contribution in [0.2, 0.25) is 0 Å². The van der Waals surface area contributed by atoms with Gasteiger partial charge in [0.05, 0.1) is 16.7 Å². The molecule has 0 bridgehead atoms. The van der Waals surface area contributed by atoms with E-state index in [2.05, 4.69) is 60.0 Å². The number of hydrogen-bond acceptors (Lipinski definition) is 3. The monoisotopic (exact) mass is 676 g/mol. The lowest BCUT2D eigenvalue weighted by Gasteiger charge is -2.17. The molecule has 4 nitrogen and oxygen atoms in total. The Morgan fingerprint density at radius 2 is 0.981 bits per heavy atom. The van der Waals surface area contributed by atoms with Crippen molar-refractivity contribution in [2.24, 2.45) is 0 Å². The summed E-state index contributed by atoms with van der Waals surface area (Å²) in [4.78, 5) is 15.1. The first-order chi connectivity index (χ1) is 25.5. The number of benzene rings is 7. The Morgan fingerprint density at radius 3 is 1.67 bits per heavy atom. The third-order valence-corrected chi connectivity index (χ3v) is 9.50. The van der Waals surface area contributed by atoms with E-state index in [4.69, 9.17) is 15.0 Å². The molecule has 0 atom stereocenters. The predicted molar refractivity (Wildman–Crippen MR) is 206 cm³/mol. The van der Waals surface area contributed by atoms with Gasteiger partial charge >= 0.3 is 0 Å². The van der Waals surface area contributed by atoms with E-state index < -0.39 is 11.6 Å².